The van der Waals surface area contributed by atoms with Crippen LogP contribution >= 0.6 is 0 Å². The molecule has 0 radical (unpaired) electrons. The normalized spacial score (nSPS) is 12.8. The van der Waals surface area contributed by atoms with Crippen LogP contribution in [0.5, 0.6) is 0 Å². The molecule has 0 bridgehead atoms. The molecular formula is C65H43N3. The van der Waals surface area contributed by atoms with Crippen LogP contribution in [0.1, 0.15) is 22.3 Å². The van der Waals surface area contributed by atoms with Crippen molar-refractivity contribution in [3.8, 4) is 78.4 Å². The second-order valence-corrected chi connectivity index (χ2v) is 17.7. The van der Waals surface area contributed by atoms with Gasteiger partial charge in [0.1, 0.15) is 0 Å². The molecule has 0 atom stereocenters. The Labute approximate surface area is 397 Å². The molecule has 0 amide bonds. The number of fused-ring (bicyclic) bond motifs is 9. The van der Waals surface area contributed by atoms with Crippen LogP contribution in [0.15, 0.2) is 261 Å². The maximum absolute atomic E-state index is 5.42. The second kappa shape index (κ2) is 16.2. The van der Waals surface area contributed by atoms with Crippen LogP contribution in [0.3, 0.4) is 0 Å². The lowest BCUT2D eigenvalue weighted by molar-refractivity contribution is 0.754. The summed E-state index contributed by atoms with van der Waals surface area (Å²) >= 11 is 0. The first kappa shape index (κ1) is 39.4. The molecule has 13 rings (SSSR count). The number of hydrogen-bond donors (Lipinski definition) is 0. The first-order chi connectivity index (χ1) is 33.7. The van der Waals surface area contributed by atoms with E-state index in [-0.39, 0.29) is 0 Å². The van der Waals surface area contributed by atoms with Crippen LogP contribution in [0.4, 0.5) is 17.1 Å². The van der Waals surface area contributed by atoms with E-state index in [1.54, 1.807) is 0 Å². The number of anilines is 3. The molecule has 3 heteroatoms. The van der Waals surface area contributed by atoms with Crippen molar-refractivity contribution >= 4 is 17.1 Å². The summed E-state index contributed by atoms with van der Waals surface area (Å²) < 4.78 is 0. The highest BCUT2D eigenvalue weighted by Crippen LogP contribution is 2.65. The minimum Gasteiger partial charge on any atom is -0.310 e. The number of rotatable bonds is 7. The van der Waals surface area contributed by atoms with E-state index in [1.165, 1.54) is 55.9 Å². The Hall–Kier alpha value is -8.92. The van der Waals surface area contributed by atoms with E-state index in [1.807, 2.05) is 0 Å². The summed E-state index contributed by atoms with van der Waals surface area (Å²) in [6, 6.07) is 94.2. The summed E-state index contributed by atoms with van der Waals surface area (Å²) in [6.45, 7) is 0. The Bertz CT molecular complexity index is 3540. The maximum atomic E-state index is 5.42. The number of aromatic nitrogens is 2. The maximum Gasteiger partial charge on any atom is 0.160 e. The van der Waals surface area contributed by atoms with Gasteiger partial charge < -0.3 is 4.90 Å². The van der Waals surface area contributed by atoms with Crippen molar-refractivity contribution < 1.29 is 0 Å². The minimum atomic E-state index is -0.597. The fourth-order valence-corrected chi connectivity index (χ4v) is 10.9. The monoisotopic (exact) mass is 865 g/mol. The first-order valence-corrected chi connectivity index (χ1v) is 23.3. The molecule has 2 heterocycles. The Morgan fingerprint density at radius 2 is 0.691 bits per heavy atom. The van der Waals surface area contributed by atoms with E-state index < -0.39 is 5.41 Å². The zero-order chi connectivity index (χ0) is 45.0. The number of nitrogens with zero attached hydrogens (tertiary/aromatic N) is 3. The Morgan fingerprint density at radius 1 is 0.279 bits per heavy atom. The van der Waals surface area contributed by atoms with E-state index >= 15 is 0 Å². The van der Waals surface area contributed by atoms with E-state index in [0.29, 0.717) is 5.82 Å². The van der Waals surface area contributed by atoms with E-state index in [4.69, 9.17) is 9.97 Å². The third-order valence-electron chi connectivity index (χ3n) is 13.9. The highest BCUT2D eigenvalue weighted by Gasteiger charge is 2.52. The third kappa shape index (κ3) is 6.35. The van der Waals surface area contributed by atoms with Gasteiger partial charge in [0.05, 0.1) is 28.2 Å². The van der Waals surface area contributed by atoms with Crippen molar-refractivity contribution in [2.24, 2.45) is 0 Å². The fraction of sp³-hybridized carbons (Fsp3) is 0.0154. The van der Waals surface area contributed by atoms with Gasteiger partial charge in [0.15, 0.2) is 5.82 Å². The molecule has 10 aromatic carbocycles. The number of para-hydroxylation sites is 3. The molecule has 1 aromatic heterocycles. The minimum absolute atomic E-state index is 0.597. The molecule has 318 valence electrons. The van der Waals surface area contributed by atoms with Crippen LogP contribution in [0.2, 0.25) is 0 Å². The summed E-state index contributed by atoms with van der Waals surface area (Å²) in [5.74, 6) is 0.680. The van der Waals surface area contributed by atoms with Gasteiger partial charge in [0.25, 0.3) is 0 Å². The average Bonchev–Trinajstić information content (AvgIpc) is 3.72. The quantitative estimate of drug-likeness (QED) is 0.160. The van der Waals surface area contributed by atoms with Crippen LogP contribution < -0.4 is 4.90 Å². The molecular weight excluding hydrogens is 823 g/mol. The smallest absolute Gasteiger partial charge is 0.160 e. The van der Waals surface area contributed by atoms with Crippen LogP contribution in [-0.4, -0.2) is 9.97 Å². The molecule has 0 saturated heterocycles. The van der Waals surface area contributed by atoms with E-state index in [0.717, 1.165) is 56.0 Å². The van der Waals surface area contributed by atoms with Crippen molar-refractivity contribution in [3.05, 3.63) is 283 Å². The Balaban J connectivity index is 1.01. The molecule has 0 unspecified atom stereocenters. The van der Waals surface area contributed by atoms with Gasteiger partial charge in [-0.25, -0.2) is 9.97 Å². The first-order valence-electron chi connectivity index (χ1n) is 23.3. The molecule has 1 aliphatic carbocycles. The number of hydrogen-bond acceptors (Lipinski definition) is 3. The SMILES string of the molecule is c1ccc(-c2cccc(-c3cc(-c4cccc(-c5cccc6c5C5(c7ccccc7-6)c6ccccc6N(c6ccccc6)c6ccccc65)c4)nc(-c4cccc(-c5ccccc5)c4)n3)c2)cc1. The average molecular weight is 866 g/mol. The standard InChI is InChI=1S/C65H43N3/c1-4-20-44(21-5-1)46-24-16-27-49(40-46)59-43-60(67-64(66-59)51-29-17-25-47(41-51)45-22-6-2-7-23-45)50-28-18-26-48(42-50)53-33-19-34-55-54-32-10-11-35-56(54)65(63(53)55)57-36-12-14-38-61(57)68(52-30-8-3-9-31-52)62-39-15-13-37-58(62)65/h1-43H. The van der Waals surface area contributed by atoms with E-state index in [9.17, 15) is 0 Å². The van der Waals surface area contributed by atoms with Gasteiger partial charge in [0, 0.05) is 22.4 Å². The molecule has 3 nitrogen and oxygen atoms in total. The highest BCUT2D eigenvalue weighted by atomic mass is 15.2. The van der Waals surface area contributed by atoms with Gasteiger partial charge in [-0.05, 0) is 115 Å². The third-order valence-corrected chi connectivity index (χ3v) is 13.9. The molecule has 1 spiro atoms. The van der Waals surface area contributed by atoms with Gasteiger partial charge in [0.2, 0.25) is 0 Å². The zero-order valence-electron chi connectivity index (χ0n) is 37.2. The molecule has 0 saturated carbocycles. The summed E-state index contributed by atoms with van der Waals surface area (Å²) in [7, 11) is 0. The van der Waals surface area contributed by atoms with Crippen molar-refractivity contribution in [1.29, 1.82) is 0 Å². The Kier molecular flexibility index (Phi) is 9.40. The lowest BCUT2D eigenvalue weighted by atomic mass is 9.63. The number of benzene rings is 10. The van der Waals surface area contributed by atoms with Crippen LogP contribution in [0, 0.1) is 0 Å². The van der Waals surface area contributed by atoms with E-state index in [2.05, 4.69) is 266 Å². The molecule has 1 aliphatic heterocycles. The lowest BCUT2D eigenvalue weighted by Crippen LogP contribution is -2.36. The van der Waals surface area contributed by atoms with Gasteiger partial charge in [-0.1, -0.05) is 212 Å². The highest BCUT2D eigenvalue weighted by molar-refractivity contribution is 5.99. The van der Waals surface area contributed by atoms with Gasteiger partial charge in [-0.3, -0.25) is 0 Å². The molecule has 68 heavy (non-hydrogen) atoms. The lowest BCUT2D eigenvalue weighted by Gasteiger charge is -2.45. The van der Waals surface area contributed by atoms with Gasteiger partial charge in [-0.2, -0.15) is 0 Å². The van der Waals surface area contributed by atoms with Crippen LogP contribution in [-0.2, 0) is 5.41 Å². The molecule has 0 fully saturated rings. The summed E-state index contributed by atoms with van der Waals surface area (Å²) in [4.78, 5) is 13.2. The van der Waals surface area contributed by atoms with Gasteiger partial charge in [-0.15, -0.1) is 0 Å². The predicted octanol–water partition coefficient (Wildman–Crippen LogP) is 16.6. The van der Waals surface area contributed by atoms with Crippen molar-refractivity contribution in [3.63, 3.8) is 0 Å². The molecule has 11 aromatic rings. The second-order valence-electron chi connectivity index (χ2n) is 17.7. The Morgan fingerprint density at radius 3 is 1.31 bits per heavy atom. The summed E-state index contributed by atoms with van der Waals surface area (Å²) in [6.07, 6.45) is 0. The van der Waals surface area contributed by atoms with Crippen LogP contribution in [0.25, 0.3) is 78.4 Å². The van der Waals surface area contributed by atoms with Crippen molar-refractivity contribution in [2.45, 2.75) is 5.41 Å². The molecule has 0 N–H and O–H groups in total. The largest absolute Gasteiger partial charge is 0.310 e. The summed E-state index contributed by atoms with van der Waals surface area (Å²) in [5.41, 5.74) is 22.2. The van der Waals surface area contributed by atoms with Crippen molar-refractivity contribution in [1.82, 2.24) is 9.97 Å². The fourth-order valence-electron chi connectivity index (χ4n) is 10.9. The zero-order valence-corrected chi connectivity index (χ0v) is 37.2. The van der Waals surface area contributed by atoms with Gasteiger partial charge >= 0.3 is 0 Å². The summed E-state index contributed by atoms with van der Waals surface area (Å²) in [5, 5.41) is 0. The predicted molar refractivity (Wildman–Crippen MR) is 280 cm³/mol. The van der Waals surface area contributed by atoms with Crippen molar-refractivity contribution in [2.75, 3.05) is 4.90 Å². The topological polar surface area (TPSA) is 29.0 Å². The molecule has 2 aliphatic rings.